The highest BCUT2D eigenvalue weighted by Crippen LogP contribution is 2.24. The summed E-state index contributed by atoms with van der Waals surface area (Å²) in [7, 11) is 0. The molecule has 4 nitrogen and oxygen atoms in total. The van der Waals surface area contributed by atoms with E-state index in [0.29, 0.717) is 5.56 Å². The summed E-state index contributed by atoms with van der Waals surface area (Å²) >= 11 is 0. The van der Waals surface area contributed by atoms with Crippen LogP contribution >= 0.6 is 0 Å². The lowest BCUT2D eigenvalue weighted by molar-refractivity contribution is 0.112. The molecule has 0 fully saturated rings. The van der Waals surface area contributed by atoms with Crippen LogP contribution in [0, 0.1) is 0 Å². The zero-order valence-electron chi connectivity index (χ0n) is 8.95. The third-order valence-corrected chi connectivity index (χ3v) is 2.73. The van der Waals surface area contributed by atoms with Gasteiger partial charge in [0.15, 0.2) is 6.29 Å². The number of benzene rings is 2. The quantitative estimate of drug-likeness (QED) is 0.626. The van der Waals surface area contributed by atoms with E-state index in [4.69, 9.17) is 0 Å². The summed E-state index contributed by atoms with van der Waals surface area (Å²) in [6, 6.07) is 11.4. The molecule has 0 radical (unpaired) electrons. The topological polar surface area (TPSA) is 47.8 Å². The Morgan fingerprint density at radius 1 is 1.06 bits per heavy atom. The second kappa shape index (κ2) is 3.83. The molecular weight excluding hydrogens is 214 g/mol. The molecule has 82 valence electrons. The van der Waals surface area contributed by atoms with Crippen molar-refractivity contribution in [3.05, 3.63) is 54.6 Å². The molecule has 0 N–H and O–H groups in total. The van der Waals surface area contributed by atoms with Crippen molar-refractivity contribution in [2.24, 2.45) is 0 Å². The Balaban J connectivity index is 2.38. The van der Waals surface area contributed by atoms with Crippen LogP contribution in [0.5, 0.6) is 0 Å². The van der Waals surface area contributed by atoms with Crippen LogP contribution in [0.2, 0.25) is 0 Å². The molecule has 3 rings (SSSR count). The van der Waals surface area contributed by atoms with E-state index >= 15 is 0 Å². The molecule has 0 atom stereocenters. The van der Waals surface area contributed by atoms with E-state index < -0.39 is 0 Å². The molecule has 1 heterocycles. The Morgan fingerprint density at radius 3 is 2.59 bits per heavy atom. The van der Waals surface area contributed by atoms with Gasteiger partial charge < -0.3 is 0 Å². The molecular formula is C13H9N3O. The van der Waals surface area contributed by atoms with Crippen LogP contribution in [-0.2, 0) is 0 Å². The summed E-state index contributed by atoms with van der Waals surface area (Å²) in [5.41, 5.74) is 1.60. The predicted molar refractivity (Wildman–Crippen MR) is 64.3 cm³/mol. The number of hydrogen-bond donors (Lipinski definition) is 0. The van der Waals surface area contributed by atoms with E-state index in [1.807, 2.05) is 30.3 Å². The van der Waals surface area contributed by atoms with E-state index in [1.54, 1.807) is 17.1 Å². The summed E-state index contributed by atoms with van der Waals surface area (Å²) in [4.78, 5) is 14.9. The highest BCUT2D eigenvalue weighted by Gasteiger charge is 2.06. The van der Waals surface area contributed by atoms with Crippen molar-refractivity contribution in [1.29, 1.82) is 0 Å². The van der Waals surface area contributed by atoms with Gasteiger partial charge in [0, 0.05) is 10.9 Å². The Labute approximate surface area is 97.5 Å². The van der Waals surface area contributed by atoms with Crippen molar-refractivity contribution in [3.8, 4) is 5.69 Å². The minimum Gasteiger partial charge on any atom is -0.298 e. The fraction of sp³-hybridized carbons (Fsp3) is 0. The van der Waals surface area contributed by atoms with E-state index in [2.05, 4.69) is 10.1 Å². The summed E-state index contributed by atoms with van der Waals surface area (Å²) < 4.78 is 1.69. The molecule has 0 aliphatic carbocycles. The average Bonchev–Trinajstić information content (AvgIpc) is 2.91. The zero-order chi connectivity index (χ0) is 11.7. The lowest BCUT2D eigenvalue weighted by atomic mass is 10.0. The highest BCUT2D eigenvalue weighted by molar-refractivity contribution is 6.01. The van der Waals surface area contributed by atoms with Crippen molar-refractivity contribution in [1.82, 2.24) is 14.8 Å². The Hall–Kier alpha value is -2.49. The maximum absolute atomic E-state index is 11.0. The van der Waals surface area contributed by atoms with Gasteiger partial charge in [-0.1, -0.05) is 24.3 Å². The van der Waals surface area contributed by atoms with Gasteiger partial charge in [0.25, 0.3) is 0 Å². The summed E-state index contributed by atoms with van der Waals surface area (Å²) in [6.45, 7) is 0. The van der Waals surface area contributed by atoms with Gasteiger partial charge >= 0.3 is 0 Å². The molecule has 0 saturated carbocycles. The van der Waals surface area contributed by atoms with E-state index in [-0.39, 0.29) is 0 Å². The summed E-state index contributed by atoms with van der Waals surface area (Å²) in [5.74, 6) is 0. The lowest BCUT2D eigenvalue weighted by Crippen LogP contribution is -1.97. The molecule has 17 heavy (non-hydrogen) atoms. The lowest BCUT2D eigenvalue weighted by Gasteiger charge is -2.07. The van der Waals surface area contributed by atoms with Gasteiger partial charge in [0.05, 0.1) is 5.69 Å². The van der Waals surface area contributed by atoms with Crippen molar-refractivity contribution in [3.63, 3.8) is 0 Å². The second-order valence-corrected chi connectivity index (χ2v) is 3.68. The molecule has 3 aromatic rings. The summed E-state index contributed by atoms with van der Waals surface area (Å²) in [6.07, 6.45) is 4.00. The molecule has 0 saturated heterocycles. The highest BCUT2D eigenvalue weighted by atomic mass is 16.1. The first-order valence-electron chi connectivity index (χ1n) is 5.22. The average molecular weight is 223 g/mol. The van der Waals surface area contributed by atoms with Gasteiger partial charge in [-0.3, -0.25) is 4.79 Å². The standard InChI is InChI=1S/C13H9N3O/c17-7-10-5-6-13(16-9-14-8-15-16)12-4-2-1-3-11(10)12/h1-9H. The van der Waals surface area contributed by atoms with Crippen LogP contribution in [0.1, 0.15) is 10.4 Å². The van der Waals surface area contributed by atoms with Crippen molar-refractivity contribution in [2.75, 3.05) is 0 Å². The number of carbonyl (C=O) groups excluding carboxylic acids is 1. The molecule has 0 aliphatic rings. The Bertz CT molecular complexity index is 674. The minimum atomic E-state index is 0.685. The normalized spacial score (nSPS) is 10.6. The van der Waals surface area contributed by atoms with Crippen LogP contribution in [0.4, 0.5) is 0 Å². The smallest absolute Gasteiger partial charge is 0.150 e. The Morgan fingerprint density at radius 2 is 1.88 bits per heavy atom. The number of hydrogen-bond acceptors (Lipinski definition) is 3. The first-order valence-corrected chi connectivity index (χ1v) is 5.22. The first kappa shape index (κ1) is 9.72. The molecule has 0 bridgehead atoms. The minimum absolute atomic E-state index is 0.685. The number of aldehydes is 1. The van der Waals surface area contributed by atoms with Crippen LogP contribution < -0.4 is 0 Å². The monoisotopic (exact) mass is 223 g/mol. The van der Waals surface area contributed by atoms with Crippen molar-refractivity contribution in [2.45, 2.75) is 0 Å². The van der Waals surface area contributed by atoms with Gasteiger partial charge in [0.2, 0.25) is 0 Å². The van der Waals surface area contributed by atoms with Gasteiger partial charge in [-0.15, -0.1) is 0 Å². The molecule has 0 spiro atoms. The maximum Gasteiger partial charge on any atom is 0.150 e. The number of aromatic nitrogens is 3. The first-order chi connectivity index (χ1) is 8.40. The van der Waals surface area contributed by atoms with Crippen LogP contribution in [0.25, 0.3) is 16.5 Å². The van der Waals surface area contributed by atoms with E-state index in [0.717, 1.165) is 22.7 Å². The van der Waals surface area contributed by atoms with Gasteiger partial charge in [-0.05, 0) is 17.5 Å². The Kier molecular flexibility index (Phi) is 2.19. The van der Waals surface area contributed by atoms with Crippen molar-refractivity contribution < 1.29 is 4.79 Å². The third-order valence-electron chi connectivity index (χ3n) is 2.73. The third kappa shape index (κ3) is 1.50. The number of carbonyl (C=O) groups is 1. The van der Waals surface area contributed by atoms with Crippen LogP contribution in [0.3, 0.4) is 0 Å². The van der Waals surface area contributed by atoms with E-state index in [9.17, 15) is 4.79 Å². The van der Waals surface area contributed by atoms with Gasteiger partial charge in [-0.25, -0.2) is 9.67 Å². The SMILES string of the molecule is O=Cc1ccc(-n2cncn2)c2ccccc12. The molecule has 0 aliphatic heterocycles. The molecule has 0 amide bonds. The van der Waals surface area contributed by atoms with Gasteiger partial charge in [0.1, 0.15) is 12.7 Å². The fourth-order valence-corrected chi connectivity index (χ4v) is 1.94. The summed E-state index contributed by atoms with van der Waals surface area (Å²) in [5, 5.41) is 6.02. The fourth-order valence-electron chi connectivity index (χ4n) is 1.94. The second-order valence-electron chi connectivity index (χ2n) is 3.68. The van der Waals surface area contributed by atoms with Crippen LogP contribution in [-0.4, -0.2) is 21.1 Å². The van der Waals surface area contributed by atoms with Crippen LogP contribution in [0.15, 0.2) is 49.1 Å². The predicted octanol–water partition coefficient (Wildman–Crippen LogP) is 2.23. The largest absolute Gasteiger partial charge is 0.298 e. The molecule has 1 aromatic heterocycles. The number of rotatable bonds is 2. The molecule has 4 heteroatoms. The zero-order valence-corrected chi connectivity index (χ0v) is 8.95. The maximum atomic E-state index is 11.0. The molecule has 0 unspecified atom stereocenters. The number of fused-ring (bicyclic) bond motifs is 1. The van der Waals surface area contributed by atoms with Gasteiger partial charge in [-0.2, -0.15) is 5.10 Å². The molecule has 2 aromatic carbocycles. The van der Waals surface area contributed by atoms with Crippen molar-refractivity contribution >= 4 is 17.1 Å². The number of nitrogens with zero attached hydrogens (tertiary/aromatic N) is 3. The van der Waals surface area contributed by atoms with E-state index in [1.165, 1.54) is 6.33 Å².